The second-order valence-electron chi connectivity index (χ2n) is 2.45. The molecule has 0 bridgehead atoms. The van der Waals surface area contributed by atoms with Crippen molar-refractivity contribution in [2.45, 2.75) is 6.92 Å². The molecule has 0 saturated carbocycles. The van der Waals surface area contributed by atoms with Gasteiger partial charge in [0.2, 0.25) is 0 Å². The van der Waals surface area contributed by atoms with Crippen LogP contribution in [0.3, 0.4) is 0 Å². The number of aromatic nitrogens is 2. The summed E-state index contributed by atoms with van der Waals surface area (Å²) in [5.74, 6) is 0.650. The Morgan fingerprint density at radius 3 is 3.18 bits per heavy atom. The van der Waals surface area contributed by atoms with Crippen molar-refractivity contribution in [1.82, 2.24) is 9.38 Å². The van der Waals surface area contributed by atoms with E-state index in [2.05, 4.69) is 4.98 Å². The van der Waals surface area contributed by atoms with Gasteiger partial charge in [-0.2, -0.15) is 0 Å². The van der Waals surface area contributed by atoms with E-state index in [1.165, 1.54) is 12.1 Å². The van der Waals surface area contributed by atoms with Crippen molar-refractivity contribution >= 4 is 5.52 Å². The zero-order valence-electron chi connectivity index (χ0n) is 6.08. The van der Waals surface area contributed by atoms with Crippen molar-refractivity contribution in [2.24, 2.45) is 0 Å². The Morgan fingerprint density at radius 2 is 2.36 bits per heavy atom. The van der Waals surface area contributed by atoms with Crippen LogP contribution in [0.4, 0.5) is 4.39 Å². The Morgan fingerprint density at radius 1 is 1.55 bits per heavy atom. The molecule has 0 fully saturated rings. The van der Waals surface area contributed by atoms with Crippen LogP contribution < -0.4 is 0 Å². The number of pyridine rings is 1. The van der Waals surface area contributed by atoms with Gasteiger partial charge in [-0.1, -0.05) is 0 Å². The van der Waals surface area contributed by atoms with E-state index in [1.54, 1.807) is 12.4 Å². The minimum Gasteiger partial charge on any atom is -0.304 e. The predicted octanol–water partition coefficient (Wildman–Crippen LogP) is 1.78. The van der Waals surface area contributed by atoms with E-state index in [4.69, 9.17) is 0 Å². The van der Waals surface area contributed by atoms with E-state index in [0.29, 0.717) is 0 Å². The standard InChI is InChI=1S/C8H7FN2/c1-6-10-5-8-4-7(9)2-3-11(6)8/h2-5H,1H3. The maximum absolute atomic E-state index is 12.6. The first kappa shape index (κ1) is 6.34. The van der Waals surface area contributed by atoms with E-state index >= 15 is 0 Å². The van der Waals surface area contributed by atoms with Gasteiger partial charge in [0.1, 0.15) is 11.6 Å². The normalized spacial score (nSPS) is 10.7. The molecule has 0 aliphatic carbocycles. The molecule has 0 aliphatic heterocycles. The van der Waals surface area contributed by atoms with Gasteiger partial charge in [0, 0.05) is 6.20 Å². The Hall–Kier alpha value is -1.38. The van der Waals surface area contributed by atoms with E-state index < -0.39 is 0 Å². The van der Waals surface area contributed by atoms with Crippen LogP contribution in [0.25, 0.3) is 5.52 Å². The topological polar surface area (TPSA) is 17.3 Å². The molecule has 0 N–H and O–H groups in total. The van der Waals surface area contributed by atoms with Crippen LogP contribution in [0.5, 0.6) is 0 Å². The highest BCUT2D eigenvalue weighted by molar-refractivity contribution is 5.45. The molecule has 56 valence electrons. The zero-order chi connectivity index (χ0) is 7.84. The van der Waals surface area contributed by atoms with Crippen LogP contribution in [-0.4, -0.2) is 9.38 Å². The summed E-state index contributed by atoms with van der Waals surface area (Å²) in [5.41, 5.74) is 0.794. The fraction of sp³-hybridized carbons (Fsp3) is 0.125. The summed E-state index contributed by atoms with van der Waals surface area (Å²) in [6.07, 6.45) is 3.32. The third kappa shape index (κ3) is 0.888. The molecule has 11 heavy (non-hydrogen) atoms. The Labute approximate surface area is 63.3 Å². The summed E-state index contributed by atoms with van der Waals surface area (Å²) >= 11 is 0. The largest absolute Gasteiger partial charge is 0.304 e. The predicted molar refractivity (Wildman–Crippen MR) is 39.9 cm³/mol. The first-order valence-corrected chi connectivity index (χ1v) is 3.36. The molecule has 0 radical (unpaired) electrons. The number of nitrogens with zero attached hydrogens (tertiary/aromatic N) is 2. The molecule has 0 spiro atoms. The maximum atomic E-state index is 12.6. The highest BCUT2D eigenvalue weighted by atomic mass is 19.1. The third-order valence-electron chi connectivity index (χ3n) is 1.68. The molecular weight excluding hydrogens is 143 g/mol. The molecule has 2 rings (SSSR count). The summed E-state index contributed by atoms with van der Waals surface area (Å²) in [6.45, 7) is 1.88. The van der Waals surface area contributed by atoms with Gasteiger partial charge >= 0.3 is 0 Å². The fourth-order valence-electron chi connectivity index (χ4n) is 1.11. The van der Waals surface area contributed by atoms with Gasteiger partial charge in [-0.25, -0.2) is 9.37 Å². The van der Waals surface area contributed by atoms with Crippen molar-refractivity contribution in [3.05, 3.63) is 36.2 Å². The average Bonchev–Trinajstić information content (AvgIpc) is 2.32. The molecule has 2 aromatic heterocycles. The monoisotopic (exact) mass is 150 g/mol. The van der Waals surface area contributed by atoms with Gasteiger partial charge in [0.15, 0.2) is 0 Å². The number of fused-ring (bicyclic) bond motifs is 1. The smallest absolute Gasteiger partial charge is 0.126 e. The lowest BCUT2D eigenvalue weighted by molar-refractivity contribution is 0.626. The van der Waals surface area contributed by atoms with Crippen molar-refractivity contribution in [3.8, 4) is 0 Å². The number of hydrogen-bond acceptors (Lipinski definition) is 1. The van der Waals surface area contributed by atoms with Crippen molar-refractivity contribution < 1.29 is 4.39 Å². The molecule has 2 aromatic rings. The highest BCUT2D eigenvalue weighted by Crippen LogP contribution is 2.07. The SMILES string of the molecule is Cc1ncc2cc(F)ccn12. The van der Waals surface area contributed by atoms with Crippen LogP contribution in [-0.2, 0) is 0 Å². The Bertz CT molecular complexity index is 392. The number of halogens is 1. The second kappa shape index (κ2) is 2.05. The summed E-state index contributed by atoms with van der Waals surface area (Å²) in [7, 11) is 0. The van der Waals surface area contributed by atoms with Crippen LogP contribution in [0, 0.1) is 12.7 Å². The van der Waals surface area contributed by atoms with Crippen molar-refractivity contribution in [3.63, 3.8) is 0 Å². The van der Waals surface area contributed by atoms with Crippen molar-refractivity contribution in [2.75, 3.05) is 0 Å². The summed E-state index contributed by atoms with van der Waals surface area (Å²) in [6, 6.07) is 2.88. The number of aryl methyl sites for hydroxylation is 1. The van der Waals surface area contributed by atoms with Crippen LogP contribution in [0.15, 0.2) is 24.5 Å². The molecule has 0 aromatic carbocycles. The first-order valence-electron chi connectivity index (χ1n) is 3.36. The van der Waals surface area contributed by atoms with Crippen molar-refractivity contribution in [1.29, 1.82) is 0 Å². The van der Waals surface area contributed by atoms with Crippen LogP contribution >= 0.6 is 0 Å². The molecule has 0 aliphatic rings. The molecule has 0 atom stereocenters. The van der Waals surface area contributed by atoms with Gasteiger partial charge in [0.05, 0.1) is 11.7 Å². The Balaban J connectivity index is 2.86. The lowest BCUT2D eigenvalue weighted by atomic mass is 10.4. The van der Waals surface area contributed by atoms with E-state index in [9.17, 15) is 4.39 Å². The van der Waals surface area contributed by atoms with Crippen LogP contribution in [0.2, 0.25) is 0 Å². The lowest BCUT2D eigenvalue weighted by Crippen LogP contribution is -1.86. The highest BCUT2D eigenvalue weighted by Gasteiger charge is 1.97. The third-order valence-corrected chi connectivity index (χ3v) is 1.68. The quantitative estimate of drug-likeness (QED) is 0.559. The maximum Gasteiger partial charge on any atom is 0.126 e. The lowest BCUT2D eigenvalue weighted by Gasteiger charge is -1.93. The number of hydrogen-bond donors (Lipinski definition) is 0. The van der Waals surface area contributed by atoms with Gasteiger partial charge in [0.25, 0.3) is 0 Å². The van der Waals surface area contributed by atoms with Gasteiger partial charge < -0.3 is 4.40 Å². The first-order chi connectivity index (χ1) is 5.27. The molecule has 0 unspecified atom stereocenters. The summed E-state index contributed by atoms with van der Waals surface area (Å²) in [4.78, 5) is 4.03. The molecule has 0 amide bonds. The average molecular weight is 150 g/mol. The summed E-state index contributed by atoms with van der Waals surface area (Å²) in [5, 5.41) is 0. The Kier molecular flexibility index (Phi) is 1.18. The minimum atomic E-state index is -0.225. The van der Waals surface area contributed by atoms with Gasteiger partial charge in [-0.05, 0) is 19.1 Å². The number of rotatable bonds is 0. The zero-order valence-corrected chi connectivity index (χ0v) is 6.08. The fourth-order valence-corrected chi connectivity index (χ4v) is 1.11. The molecule has 2 heterocycles. The van der Waals surface area contributed by atoms with Gasteiger partial charge in [-0.3, -0.25) is 0 Å². The van der Waals surface area contributed by atoms with E-state index in [1.807, 2.05) is 11.3 Å². The van der Waals surface area contributed by atoms with E-state index in [0.717, 1.165) is 11.3 Å². The number of imidazole rings is 1. The molecular formula is C8H7FN2. The van der Waals surface area contributed by atoms with Gasteiger partial charge in [-0.15, -0.1) is 0 Å². The molecule has 2 nitrogen and oxygen atoms in total. The summed E-state index contributed by atoms with van der Waals surface area (Å²) < 4.78 is 14.4. The minimum absolute atomic E-state index is 0.225. The van der Waals surface area contributed by atoms with Crippen LogP contribution in [0.1, 0.15) is 5.82 Å². The van der Waals surface area contributed by atoms with E-state index in [-0.39, 0.29) is 5.82 Å². The second-order valence-corrected chi connectivity index (χ2v) is 2.45. The molecule has 3 heteroatoms. The molecule has 0 saturated heterocycles.